The van der Waals surface area contributed by atoms with Crippen molar-refractivity contribution in [3.8, 4) is 11.4 Å². The van der Waals surface area contributed by atoms with Crippen molar-refractivity contribution in [2.24, 2.45) is 0 Å². The van der Waals surface area contributed by atoms with Crippen LogP contribution in [0.1, 0.15) is 6.92 Å². The highest BCUT2D eigenvalue weighted by Gasteiger charge is 2.14. The van der Waals surface area contributed by atoms with E-state index in [0.717, 1.165) is 0 Å². The Balaban J connectivity index is 2.63. The highest BCUT2D eigenvalue weighted by atomic mass is 35.5. The summed E-state index contributed by atoms with van der Waals surface area (Å²) in [5, 5.41) is 7.95. The molecule has 0 aliphatic carbocycles. The fourth-order valence-corrected chi connectivity index (χ4v) is 1.64. The number of benzene rings is 1. The summed E-state index contributed by atoms with van der Waals surface area (Å²) in [5.74, 6) is 0.0748. The third kappa shape index (κ3) is 1.72. The molecule has 2 rings (SSSR count). The third-order valence-corrected chi connectivity index (χ3v) is 2.46. The van der Waals surface area contributed by atoms with Crippen LogP contribution in [0, 0.1) is 5.82 Å². The number of aromatic nitrogens is 3. The van der Waals surface area contributed by atoms with Crippen molar-refractivity contribution >= 4 is 11.6 Å². The number of aryl methyl sites for hydroxylation is 1. The molecule has 0 N–H and O–H groups in total. The summed E-state index contributed by atoms with van der Waals surface area (Å²) in [6.45, 7) is 2.61. The number of hydrogen-bond acceptors (Lipinski definition) is 2. The van der Waals surface area contributed by atoms with Crippen LogP contribution in [-0.2, 0) is 6.54 Å². The van der Waals surface area contributed by atoms with Crippen molar-refractivity contribution in [3.05, 3.63) is 35.4 Å². The summed E-state index contributed by atoms with van der Waals surface area (Å²) in [7, 11) is 0. The summed E-state index contributed by atoms with van der Waals surface area (Å²) in [6, 6.07) is 4.55. The summed E-state index contributed by atoms with van der Waals surface area (Å²) in [4.78, 5) is 0. The minimum Gasteiger partial charge on any atom is -0.314 e. The second kappa shape index (κ2) is 3.98. The summed E-state index contributed by atoms with van der Waals surface area (Å²) in [5.41, 5.74) is 0.304. The standard InChI is InChI=1S/C10H9ClFN3/c1-2-15-6-13-14-10(15)9-7(11)4-3-5-8(9)12/h3-6H,2H2,1H3. The van der Waals surface area contributed by atoms with Crippen molar-refractivity contribution in [1.29, 1.82) is 0 Å². The van der Waals surface area contributed by atoms with E-state index in [4.69, 9.17) is 11.6 Å². The van der Waals surface area contributed by atoms with E-state index in [1.54, 1.807) is 23.0 Å². The first-order valence-electron chi connectivity index (χ1n) is 4.56. The van der Waals surface area contributed by atoms with Gasteiger partial charge in [0, 0.05) is 6.54 Å². The van der Waals surface area contributed by atoms with Crippen molar-refractivity contribution in [3.63, 3.8) is 0 Å². The minimum absolute atomic E-state index is 0.304. The van der Waals surface area contributed by atoms with Gasteiger partial charge >= 0.3 is 0 Å². The van der Waals surface area contributed by atoms with Gasteiger partial charge in [0.05, 0.1) is 10.6 Å². The summed E-state index contributed by atoms with van der Waals surface area (Å²) >= 11 is 5.93. The molecule has 0 aliphatic heterocycles. The smallest absolute Gasteiger partial charge is 0.168 e. The molecule has 0 aliphatic rings. The maximum atomic E-state index is 13.6. The molecule has 78 valence electrons. The van der Waals surface area contributed by atoms with E-state index < -0.39 is 0 Å². The van der Waals surface area contributed by atoms with Crippen LogP contribution in [0.15, 0.2) is 24.5 Å². The Kier molecular flexibility index (Phi) is 2.68. The van der Waals surface area contributed by atoms with Gasteiger partial charge in [0.1, 0.15) is 12.1 Å². The Hall–Kier alpha value is -1.42. The molecule has 15 heavy (non-hydrogen) atoms. The van der Waals surface area contributed by atoms with Gasteiger partial charge in [-0.15, -0.1) is 10.2 Å². The van der Waals surface area contributed by atoms with Crippen molar-refractivity contribution in [2.75, 3.05) is 0 Å². The number of rotatable bonds is 2. The molecule has 3 nitrogen and oxygen atoms in total. The Bertz CT molecular complexity index is 461. The van der Waals surface area contributed by atoms with Gasteiger partial charge < -0.3 is 4.57 Å². The first kappa shape index (κ1) is 10.1. The molecule has 1 aromatic heterocycles. The highest BCUT2D eigenvalue weighted by Crippen LogP contribution is 2.28. The van der Waals surface area contributed by atoms with Crippen LogP contribution < -0.4 is 0 Å². The number of nitrogens with zero attached hydrogens (tertiary/aromatic N) is 3. The van der Waals surface area contributed by atoms with E-state index in [2.05, 4.69) is 10.2 Å². The van der Waals surface area contributed by atoms with Gasteiger partial charge in [-0.05, 0) is 19.1 Å². The molecule has 0 radical (unpaired) electrons. The Morgan fingerprint density at radius 2 is 2.27 bits per heavy atom. The summed E-state index contributed by atoms with van der Waals surface area (Å²) < 4.78 is 15.3. The lowest BCUT2D eigenvalue weighted by atomic mass is 10.2. The predicted molar refractivity (Wildman–Crippen MR) is 56.1 cm³/mol. The van der Waals surface area contributed by atoms with Crippen LogP contribution in [0.25, 0.3) is 11.4 Å². The third-order valence-electron chi connectivity index (χ3n) is 2.14. The topological polar surface area (TPSA) is 30.7 Å². The first-order chi connectivity index (χ1) is 7.24. The molecule has 2 aromatic rings. The van der Waals surface area contributed by atoms with Crippen molar-refractivity contribution in [2.45, 2.75) is 13.5 Å². The molecule has 0 atom stereocenters. The molecule has 0 saturated heterocycles. The minimum atomic E-state index is -0.384. The predicted octanol–water partition coefficient (Wildman–Crippen LogP) is 2.76. The number of hydrogen-bond donors (Lipinski definition) is 0. The second-order valence-corrected chi connectivity index (χ2v) is 3.44. The molecule has 5 heteroatoms. The zero-order valence-corrected chi connectivity index (χ0v) is 8.87. The lowest BCUT2D eigenvalue weighted by Gasteiger charge is -2.05. The van der Waals surface area contributed by atoms with E-state index in [1.165, 1.54) is 6.07 Å². The fourth-order valence-electron chi connectivity index (χ4n) is 1.39. The lowest BCUT2D eigenvalue weighted by molar-refractivity contribution is 0.627. The zero-order chi connectivity index (χ0) is 10.8. The van der Waals surface area contributed by atoms with E-state index in [0.29, 0.717) is 23.0 Å². The van der Waals surface area contributed by atoms with E-state index >= 15 is 0 Å². The SMILES string of the molecule is CCn1cnnc1-c1c(F)cccc1Cl. The average Bonchev–Trinajstić information content (AvgIpc) is 2.65. The molecule has 0 saturated carbocycles. The van der Waals surface area contributed by atoms with Crippen LogP contribution >= 0.6 is 11.6 Å². The van der Waals surface area contributed by atoms with Gasteiger partial charge in [0.2, 0.25) is 0 Å². The Morgan fingerprint density at radius 3 is 2.93 bits per heavy atom. The van der Waals surface area contributed by atoms with Crippen LogP contribution in [-0.4, -0.2) is 14.8 Å². The molecule has 0 unspecified atom stereocenters. The first-order valence-corrected chi connectivity index (χ1v) is 4.94. The molecule has 0 bridgehead atoms. The maximum Gasteiger partial charge on any atom is 0.168 e. The molecule has 0 fully saturated rings. The Labute approximate surface area is 91.5 Å². The van der Waals surface area contributed by atoms with E-state index in [9.17, 15) is 4.39 Å². The van der Waals surface area contributed by atoms with E-state index in [-0.39, 0.29) is 5.82 Å². The fraction of sp³-hybridized carbons (Fsp3) is 0.200. The van der Waals surface area contributed by atoms with Crippen LogP contribution in [0.5, 0.6) is 0 Å². The molecular weight excluding hydrogens is 217 g/mol. The van der Waals surface area contributed by atoms with Gasteiger partial charge in [0.25, 0.3) is 0 Å². The van der Waals surface area contributed by atoms with Gasteiger partial charge in [0.15, 0.2) is 5.82 Å². The van der Waals surface area contributed by atoms with Crippen molar-refractivity contribution < 1.29 is 4.39 Å². The monoisotopic (exact) mass is 225 g/mol. The lowest BCUT2D eigenvalue weighted by Crippen LogP contribution is -1.98. The highest BCUT2D eigenvalue weighted by molar-refractivity contribution is 6.33. The maximum absolute atomic E-state index is 13.6. The molecule has 1 heterocycles. The van der Waals surface area contributed by atoms with E-state index in [1.807, 2.05) is 6.92 Å². The van der Waals surface area contributed by atoms with Crippen LogP contribution in [0.2, 0.25) is 5.02 Å². The average molecular weight is 226 g/mol. The van der Waals surface area contributed by atoms with Gasteiger partial charge in [-0.3, -0.25) is 0 Å². The van der Waals surface area contributed by atoms with Gasteiger partial charge in [-0.2, -0.15) is 0 Å². The normalized spacial score (nSPS) is 10.6. The molecular formula is C10H9ClFN3. The molecule has 0 amide bonds. The van der Waals surface area contributed by atoms with Crippen molar-refractivity contribution in [1.82, 2.24) is 14.8 Å². The second-order valence-electron chi connectivity index (χ2n) is 3.04. The van der Waals surface area contributed by atoms with Crippen LogP contribution in [0.3, 0.4) is 0 Å². The molecule has 0 spiro atoms. The van der Waals surface area contributed by atoms with Gasteiger partial charge in [-0.25, -0.2) is 4.39 Å². The van der Waals surface area contributed by atoms with Gasteiger partial charge in [-0.1, -0.05) is 17.7 Å². The summed E-state index contributed by atoms with van der Waals surface area (Å²) in [6.07, 6.45) is 1.55. The quantitative estimate of drug-likeness (QED) is 0.787. The van der Waals surface area contributed by atoms with Crippen LogP contribution in [0.4, 0.5) is 4.39 Å². The largest absolute Gasteiger partial charge is 0.314 e. The molecule has 1 aromatic carbocycles. The number of halogens is 2. The Morgan fingerprint density at radius 1 is 1.47 bits per heavy atom. The zero-order valence-electron chi connectivity index (χ0n) is 8.11.